The maximum absolute atomic E-state index is 12.5. The third-order valence-electron chi connectivity index (χ3n) is 4.13. The molecule has 1 aromatic heterocycles. The quantitative estimate of drug-likeness (QED) is 0.604. The summed E-state index contributed by atoms with van der Waals surface area (Å²) in [6.45, 7) is 0. The molecule has 24 heavy (non-hydrogen) atoms. The van der Waals surface area contributed by atoms with Crippen molar-refractivity contribution in [3.8, 4) is 11.5 Å². The Balaban J connectivity index is 1.99. The molecule has 124 valence electrons. The number of aromatic amines is 1. The molecule has 1 N–H and O–H groups in total. The van der Waals surface area contributed by atoms with Crippen molar-refractivity contribution in [3.63, 3.8) is 0 Å². The summed E-state index contributed by atoms with van der Waals surface area (Å²) in [5.74, 6) is -2.92. The molecular formula is C15H10NO6S2-. The van der Waals surface area contributed by atoms with Crippen LogP contribution in [0.25, 0.3) is 0 Å². The van der Waals surface area contributed by atoms with E-state index in [0.717, 1.165) is 23.1 Å². The minimum Gasteiger partial charge on any atom is -0.549 e. The monoisotopic (exact) mass is 364 g/mol. The van der Waals surface area contributed by atoms with Crippen LogP contribution in [0.3, 0.4) is 0 Å². The van der Waals surface area contributed by atoms with Crippen LogP contribution in [0.2, 0.25) is 0 Å². The normalized spacial score (nSPS) is 24.4. The van der Waals surface area contributed by atoms with Crippen molar-refractivity contribution in [2.24, 2.45) is 5.92 Å². The molecule has 4 rings (SSSR count). The van der Waals surface area contributed by atoms with Gasteiger partial charge in [0.1, 0.15) is 0 Å². The van der Waals surface area contributed by atoms with Crippen LogP contribution in [-0.4, -0.2) is 29.3 Å². The summed E-state index contributed by atoms with van der Waals surface area (Å²) >= 11 is 1.90. The number of methoxy groups -OCH3 is 1. The van der Waals surface area contributed by atoms with Gasteiger partial charge in [-0.2, -0.15) is 0 Å². The first-order valence-corrected chi connectivity index (χ1v) is 8.70. The number of carbonyl (C=O) groups excluding carboxylic acids is 2. The molecule has 0 spiro atoms. The molecule has 0 radical (unpaired) electrons. The summed E-state index contributed by atoms with van der Waals surface area (Å²) < 4.78 is 10.6. The van der Waals surface area contributed by atoms with Crippen LogP contribution in [0.5, 0.6) is 11.5 Å². The van der Waals surface area contributed by atoms with E-state index in [2.05, 4.69) is 4.98 Å². The van der Waals surface area contributed by atoms with Gasteiger partial charge in [0.2, 0.25) is 0 Å². The molecule has 7 nitrogen and oxygen atoms in total. The number of ether oxygens (including phenoxy) is 2. The van der Waals surface area contributed by atoms with E-state index in [1.54, 1.807) is 18.2 Å². The first kappa shape index (κ1) is 15.3. The molecule has 0 aliphatic carbocycles. The highest BCUT2D eigenvalue weighted by Crippen LogP contribution is 2.54. The second-order valence-electron chi connectivity index (χ2n) is 5.37. The van der Waals surface area contributed by atoms with Crippen LogP contribution in [0.15, 0.2) is 28.0 Å². The number of aliphatic carboxylic acids is 1. The lowest BCUT2D eigenvalue weighted by Gasteiger charge is -2.39. The fourth-order valence-electron chi connectivity index (χ4n) is 3.16. The molecule has 1 aromatic carbocycles. The Kier molecular flexibility index (Phi) is 3.43. The van der Waals surface area contributed by atoms with E-state index in [1.165, 1.54) is 7.11 Å². The van der Waals surface area contributed by atoms with E-state index in [-0.39, 0.29) is 10.6 Å². The number of esters is 1. The van der Waals surface area contributed by atoms with Crippen LogP contribution in [0.4, 0.5) is 0 Å². The van der Waals surface area contributed by atoms with Gasteiger partial charge in [-0.15, -0.1) is 0 Å². The Morgan fingerprint density at radius 1 is 1.38 bits per heavy atom. The molecule has 0 fully saturated rings. The molecule has 2 aromatic rings. The summed E-state index contributed by atoms with van der Waals surface area (Å²) in [7, 11) is 1.45. The molecule has 2 aliphatic heterocycles. The molecule has 0 saturated carbocycles. The van der Waals surface area contributed by atoms with Crippen molar-refractivity contribution in [1.29, 1.82) is 0 Å². The van der Waals surface area contributed by atoms with Crippen LogP contribution >= 0.6 is 23.1 Å². The lowest BCUT2D eigenvalue weighted by atomic mass is 9.80. The molecule has 3 atom stereocenters. The topological polar surface area (TPSA) is 109 Å². The second-order valence-corrected chi connectivity index (χ2v) is 7.54. The molecule has 0 amide bonds. The Bertz CT molecular complexity index is 917. The number of thiazole rings is 1. The zero-order chi connectivity index (χ0) is 17.0. The Morgan fingerprint density at radius 2 is 2.17 bits per heavy atom. The van der Waals surface area contributed by atoms with Gasteiger partial charge >= 0.3 is 10.8 Å². The number of thioether (sulfide) groups is 1. The number of rotatable bonds is 2. The van der Waals surface area contributed by atoms with Gasteiger partial charge in [-0.1, -0.05) is 35.2 Å². The van der Waals surface area contributed by atoms with Crippen molar-refractivity contribution in [2.75, 3.05) is 7.11 Å². The van der Waals surface area contributed by atoms with E-state index in [9.17, 15) is 19.5 Å². The minimum atomic E-state index is -1.36. The summed E-state index contributed by atoms with van der Waals surface area (Å²) in [6, 6.07) is 5.14. The fraction of sp³-hybridized carbons (Fsp3) is 0.267. The van der Waals surface area contributed by atoms with E-state index in [4.69, 9.17) is 9.47 Å². The van der Waals surface area contributed by atoms with Crippen LogP contribution in [0, 0.1) is 5.92 Å². The molecule has 9 heteroatoms. The van der Waals surface area contributed by atoms with Gasteiger partial charge in [-0.05, 0) is 6.07 Å². The van der Waals surface area contributed by atoms with E-state index in [1.807, 2.05) is 0 Å². The lowest BCUT2D eigenvalue weighted by Crippen LogP contribution is -2.48. The average Bonchev–Trinajstić information content (AvgIpc) is 2.93. The maximum Gasteiger partial charge on any atom is 0.317 e. The largest absolute Gasteiger partial charge is 0.549 e. The molecule has 2 aliphatic rings. The standard InChI is InChI=1S/C15H11NO6S2/c1-21-6-4-2-3-5-7-8(14(19)22-9(5)6)11(13(17)18)23-12-10(7)24-15(20)16-12/h2-4,7-8,11H,1H3,(H,16,20)(H,17,18)/p-1/t7-,8-,11-/m0/s1. The smallest absolute Gasteiger partial charge is 0.317 e. The molecular weight excluding hydrogens is 354 g/mol. The van der Waals surface area contributed by atoms with Crippen molar-refractivity contribution >= 4 is 35.0 Å². The number of hydrogen-bond donors (Lipinski definition) is 1. The highest BCUT2D eigenvalue weighted by atomic mass is 32.2. The number of aromatic nitrogens is 1. The molecule has 3 heterocycles. The predicted molar refractivity (Wildman–Crippen MR) is 83.6 cm³/mol. The minimum absolute atomic E-state index is 0.266. The zero-order valence-corrected chi connectivity index (χ0v) is 13.9. The Labute approximate surface area is 143 Å². The van der Waals surface area contributed by atoms with Gasteiger partial charge in [0.05, 0.1) is 29.3 Å². The number of para-hydroxylation sites is 1. The number of carbonyl (C=O) groups is 2. The third kappa shape index (κ3) is 2.08. The molecule has 0 saturated heterocycles. The van der Waals surface area contributed by atoms with Gasteiger partial charge in [0, 0.05) is 16.4 Å². The van der Waals surface area contributed by atoms with Crippen LogP contribution in [0.1, 0.15) is 16.4 Å². The summed E-state index contributed by atoms with van der Waals surface area (Å²) in [6.07, 6.45) is 0. The van der Waals surface area contributed by atoms with Crippen molar-refractivity contribution < 1.29 is 24.2 Å². The van der Waals surface area contributed by atoms with Crippen LogP contribution < -0.4 is 19.5 Å². The highest BCUT2D eigenvalue weighted by Gasteiger charge is 2.50. The third-order valence-corrected chi connectivity index (χ3v) is 6.52. The first-order valence-electron chi connectivity index (χ1n) is 7.00. The SMILES string of the molecule is COc1cccc2c1OC(=O)[C@H]1[C@H]2c2sc(=O)[nH]c2S[C@@H]1C(=O)[O-]. The number of H-pyrrole nitrogens is 1. The second kappa shape index (κ2) is 5.38. The number of hydrogen-bond acceptors (Lipinski definition) is 8. The number of fused-ring (bicyclic) bond motifs is 5. The summed E-state index contributed by atoms with van der Waals surface area (Å²) in [4.78, 5) is 38.8. The highest BCUT2D eigenvalue weighted by molar-refractivity contribution is 8.00. The van der Waals surface area contributed by atoms with Gasteiger partial charge < -0.3 is 24.4 Å². The van der Waals surface area contributed by atoms with Gasteiger partial charge in [0.15, 0.2) is 11.5 Å². The summed E-state index contributed by atoms with van der Waals surface area (Å²) in [5.41, 5.74) is 0.627. The first-order chi connectivity index (χ1) is 11.5. The van der Waals surface area contributed by atoms with Crippen LogP contribution in [-0.2, 0) is 9.59 Å². The van der Waals surface area contributed by atoms with E-state index >= 15 is 0 Å². The summed E-state index contributed by atoms with van der Waals surface area (Å²) in [5, 5.41) is 10.9. The average molecular weight is 364 g/mol. The van der Waals surface area contributed by atoms with Gasteiger partial charge in [-0.3, -0.25) is 9.59 Å². The number of benzene rings is 1. The van der Waals surface area contributed by atoms with Gasteiger partial charge in [-0.25, -0.2) is 0 Å². The Hall–Kier alpha value is -2.26. The number of carboxylic acids is 1. The van der Waals surface area contributed by atoms with Crippen molar-refractivity contribution in [3.05, 3.63) is 38.3 Å². The Morgan fingerprint density at radius 3 is 2.88 bits per heavy atom. The van der Waals surface area contributed by atoms with E-state index in [0.29, 0.717) is 21.2 Å². The van der Waals surface area contributed by atoms with Crippen molar-refractivity contribution in [2.45, 2.75) is 16.2 Å². The predicted octanol–water partition coefficient (Wildman–Crippen LogP) is 0.336. The van der Waals surface area contributed by atoms with E-state index < -0.39 is 29.0 Å². The maximum atomic E-state index is 12.5. The molecule has 0 bridgehead atoms. The molecule has 0 unspecified atom stereocenters. The zero-order valence-electron chi connectivity index (χ0n) is 12.2. The van der Waals surface area contributed by atoms with Gasteiger partial charge in [0.25, 0.3) is 0 Å². The fourth-order valence-corrected chi connectivity index (χ4v) is 5.55. The lowest BCUT2D eigenvalue weighted by molar-refractivity contribution is -0.306. The number of nitrogens with one attached hydrogen (secondary N) is 1. The van der Waals surface area contributed by atoms with Crippen molar-refractivity contribution in [1.82, 2.24) is 4.98 Å². The number of carboxylic acid groups (broad SMARTS) is 1.